The van der Waals surface area contributed by atoms with Crippen molar-refractivity contribution in [2.45, 2.75) is 13.3 Å². The topological polar surface area (TPSA) is 78.3 Å². The van der Waals surface area contributed by atoms with E-state index in [9.17, 15) is 4.79 Å². The molecule has 7 nitrogen and oxygen atoms in total. The summed E-state index contributed by atoms with van der Waals surface area (Å²) in [5, 5.41) is 7.17. The van der Waals surface area contributed by atoms with Crippen LogP contribution in [0, 0.1) is 6.92 Å². The Morgan fingerprint density at radius 1 is 1.15 bits per heavy atom. The first kappa shape index (κ1) is 16.1. The predicted octanol–water partition coefficient (Wildman–Crippen LogP) is 2.99. The lowest BCUT2D eigenvalue weighted by molar-refractivity contribution is 0.102. The molecule has 2 aromatic heterocycles. The summed E-state index contributed by atoms with van der Waals surface area (Å²) in [6.07, 6.45) is 4.07. The minimum absolute atomic E-state index is 0.237. The standard InChI is InChI=1S/C19H18N4O3/c1-13-15(12-21-23(13)18-5-2-3-8-20-18)19(24)22-14-6-7-16-17(11-14)26-10-4-9-25-16/h2-3,5-8,11-12H,4,9-10H2,1H3,(H,22,24). The van der Waals surface area contributed by atoms with E-state index >= 15 is 0 Å². The summed E-state index contributed by atoms with van der Waals surface area (Å²) < 4.78 is 12.9. The number of anilines is 1. The van der Waals surface area contributed by atoms with Gasteiger partial charge in [0.2, 0.25) is 0 Å². The molecule has 0 radical (unpaired) electrons. The SMILES string of the molecule is Cc1c(C(=O)Nc2ccc3c(c2)OCCCO3)cnn1-c1ccccn1. The number of rotatable bonds is 3. The number of ether oxygens (including phenoxy) is 2. The summed E-state index contributed by atoms with van der Waals surface area (Å²) >= 11 is 0. The first-order valence-corrected chi connectivity index (χ1v) is 8.39. The quantitative estimate of drug-likeness (QED) is 0.786. The maximum absolute atomic E-state index is 12.7. The second kappa shape index (κ2) is 6.87. The number of benzene rings is 1. The zero-order valence-electron chi connectivity index (χ0n) is 14.3. The van der Waals surface area contributed by atoms with Crippen molar-refractivity contribution in [3.05, 3.63) is 60.0 Å². The number of pyridine rings is 1. The summed E-state index contributed by atoms with van der Waals surface area (Å²) in [7, 11) is 0. The molecule has 4 rings (SSSR count). The van der Waals surface area contributed by atoms with E-state index in [0.717, 1.165) is 12.1 Å². The van der Waals surface area contributed by atoms with Crippen molar-refractivity contribution in [1.82, 2.24) is 14.8 Å². The fourth-order valence-electron chi connectivity index (χ4n) is 2.78. The zero-order valence-corrected chi connectivity index (χ0v) is 14.3. The molecular weight excluding hydrogens is 332 g/mol. The van der Waals surface area contributed by atoms with Crippen molar-refractivity contribution in [3.63, 3.8) is 0 Å². The second-order valence-electron chi connectivity index (χ2n) is 5.91. The number of carbonyl (C=O) groups is 1. The lowest BCUT2D eigenvalue weighted by Crippen LogP contribution is -2.13. The van der Waals surface area contributed by atoms with E-state index in [1.165, 1.54) is 0 Å². The predicted molar refractivity (Wildman–Crippen MR) is 96.1 cm³/mol. The number of carbonyl (C=O) groups excluding carboxylic acids is 1. The molecule has 7 heteroatoms. The minimum atomic E-state index is -0.237. The smallest absolute Gasteiger partial charge is 0.259 e. The summed E-state index contributed by atoms with van der Waals surface area (Å²) in [5.41, 5.74) is 1.85. The van der Waals surface area contributed by atoms with Crippen LogP contribution in [0.5, 0.6) is 11.5 Å². The Morgan fingerprint density at radius 3 is 2.81 bits per heavy atom. The van der Waals surface area contributed by atoms with Crippen LogP contribution in [0.1, 0.15) is 22.5 Å². The largest absolute Gasteiger partial charge is 0.490 e. The molecule has 26 heavy (non-hydrogen) atoms. The number of fused-ring (bicyclic) bond motifs is 1. The molecule has 1 aromatic carbocycles. The maximum atomic E-state index is 12.7. The number of amides is 1. The van der Waals surface area contributed by atoms with Gasteiger partial charge in [-0.05, 0) is 31.2 Å². The highest BCUT2D eigenvalue weighted by Crippen LogP contribution is 2.32. The average molecular weight is 350 g/mol. The molecule has 0 atom stereocenters. The van der Waals surface area contributed by atoms with E-state index in [1.54, 1.807) is 35.3 Å². The molecule has 0 saturated heterocycles. The van der Waals surface area contributed by atoms with Gasteiger partial charge in [-0.25, -0.2) is 9.67 Å². The molecule has 3 aromatic rings. The Hall–Kier alpha value is -3.35. The van der Waals surface area contributed by atoms with Crippen LogP contribution in [0.25, 0.3) is 5.82 Å². The zero-order chi connectivity index (χ0) is 17.9. The summed E-state index contributed by atoms with van der Waals surface area (Å²) in [4.78, 5) is 16.9. The summed E-state index contributed by atoms with van der Waals surface area (Å²) in [6.45, 7) is 3.07. The van der Waals surface area contributed by atoms with Crippen LogP contribution in [0.2, 0.25) is 0 Å². The lowest BCUT2D eigenvalue weighted by atomic mass is 10.2. The van der Waals surface area contributed by atoms with Crippen LogP contribution in [0.15, 0.2) is 48.8 Å². The van der Waals surface area contributed by atoms with Gasteiger partial charge in [0.05, 0.1) is 30.7 Å². The van der Waals surface area contributed by atoms with Crippen LogP contribution in [-0.2, 0) is 0 Å². The highest BCUT2D eigenvalue weighted by molar-refractivity contribution is 6.05. The summed E-state index contributed by atoms with van der Waals surface area (Å²) in [6, 6.07) is 10.9. The van der Waals surface area contributed by atoms with Gasteiger partial charge in [-0.2, -0.15) is 5.10 Å². The van der Waals surface area contributed by atoms with Crippen LogP contribution in [0.3, 0.4) is 0 Å². The van der Waals surface area contributed by atoms with Gasteiger partial charge in [0.1, 0.15) is 0 Å². The first-order chi connectivity index (χ1) is 12.7. The van der Waals surface area contributed by atoms with Crippen molar-refractivity contribution in [2.75, 3.05) is 18.5 Å². The molecule has 0 spiro atoms. The third-order valence-corrected chi connectivity index (χ3v) is 4.13. The molecule has 132 valence electrons. The normalized spacial score (nSPS) is 13.1. The number of nitrogens with one attached hydrogen (secondary N) is 1. The van der Waals surface area contributed by atoms with Gasteiger partial charge in [-0.1, -0.05) is 6.07 Å². The van der Waals surface area contributed by atoms with E-state index in [0.29, 0.717) is 41.8 Å². The van der Waals surface area contributed by atoms with E-state index in [1.807, 2.05) is 25.1 Å². The molecule has 1 aliphatic heterocycles. The Morgan fingerprint density at radius 2 is 2.00 bits per heavy atom. The average Bonchev–Trinajstić information content (AvgIpc) is 2.89. The van der Waals surface area contributed by atoms with Crippen molar-refractivity contribution in [2.24, 2.45) is 0 Å². The molecule has 0 saturated carbocycles. The number of hydrogen-bond donors (Lipinski definition) is 1. The molecule has 0 fully saturated rings. The number of hydrogen-bond acceptors (Lipinski definition) is 5. The molecule has 0 unspecified atom stereocenters. The maximum Gasteiger partial charge on any atom is 0.259 e. The second-order valence-corrected chi connectivity index (χ2v) is 5.91. The van der Waals surface area contributed by atoms with Crippen LogP contribution >= 0.6 is 0 Å². The van der Waals surface area contributed by atoms with Crippen LogP contribution in [0.4, 0.5) is 5.69 Å². The summed E-state index contributed by atoms with van der Waals surface area (Å²) in [5.74, 6) is 1.76. The van der Waals surface area contributed by atoms with Gasteiger partial charge in [0.25, 0.3) is 5.91 Å². The van der Waals surface area contributed by atoms with Gasteiger partial charge < -0.3 is 14.8 Å². The molecule has 0 bridgehead atoms. The van der Waals surface area contributed by atoms with E-state index in [4.69, 9.17) is 9.47 Å². The Labute approximate surface area is 150 Å². The third-order valence-electron chi connectivity index (χ3n) is 4.13. The Bertz CT molecular complexity index is 937. The molecule has 1 aliphatic rings. The molecule has 3 heterocycles. The highest BCUT2D eigenvalue weighted by Gasteiger charge is 2.17. The van der Waals surface area contributed by atoms with E-state index < -0.39 is 0 Å². The fraction of sp³-hybridized carbons (Fsp3) is 0.211. The molecule has 1 N–H and O–H groups in total. The molecule has 0 aliphatic carbocycles. The van der Waals surface area contributed by atoms with Crippen LogP contribution in [-0.4, -0.2) is 33.9 Å². The van der Waals surface area contributed by atoms with E-state index in [-0.39, 0.29) is 5.91 Å². The van der Waals surface area contributed by atoms with Crippen molar-refractivity contribution < 1.29 is 14.3 Å². The van der Waals surface area contributed by atoms with Gasteiger partial charge in [0.15, 0.2) is 17.3 Å². The van der Waals surface area contributed by atoms with Crippen molar-refractivity contribution in [1.29, 1.82) is 0 Å². The Balaban J connectivity index is 1.56. The third kappa shape index (κ3) is 3.11. The van der Waals surface area contributed by atoms with Gasteiger partial charge in [-0.15, -0.1) is 0 Å². The fourth-order valence-corrected chi connectivity index (χ4v) is 2.78. The van der Waals surface area contributed by atoms with Gasteiger partial charge >= 0.3 is 0 Å². The van der Waals surface area contributed by atoms with Crippen LogP contribution < -0.4 is 14.8 Å². The minimum Gasteiger partial charge on any atom is -0.490 e. The Kier molecular flexibility index (Phi) is 4.27. The highest BCUT2D eigenvalue weighted by atomic mass is 16.5. The number of nitrogens with zero attached hydrogens (tertiary/aromatic N) is 3. The van der Waals surface area contributed by atoms with Crippen molar-refractivity contribution in [3.8, 4) is 17.3 Å². The first-order valence-electron chi connectivity index (χ1n) is 8.39. The van der Waals surface area contributed by atoms with Gasteiger partial charge in [0, 0.05) is 24.4 Å². The van der Waals surface area contributed by atoms with Crippen molar-refractivity contribution >= 4 is 11.6 Å². The van der Waals surface area contributed by atoms with E-state index in [2.05, 4.69) is 15.4 Å². The molecule has 1 amide bonds. The molecular formula is C19H18N4O3. The monoisotopic (exact) mass is 350 g/mol. The lowest BCUT2D eigenvalue weighted by Gasteiger charge is -2.10. The number of aromatic nitrogens is 3. The van der Waals surface area contributed by atoms with Gasteiger partial charge in [-0.3, -0.25) is 4.79 Å².